The van der Waals surface area contributed by atoms with Crippen molar-refractivity contribution >= 4 is 39.4 Å². The van der Waals surface area contributed by atoms with Crippen LogP contribution >= 0.6 is 27.7 Å². The topological polar surface area (TPSA) is 74.6 Å². The van der Waals surface area contributed by atoms with Gasteiger partial charge in [0.25, 0.3) is 0 Å². The Balaban J connectivity index is 3.03. The lowest BCUT2D eigenvalue weighted by Gasteiger charge is -2.12. The first-order valence-corrected chi connectivity index (χ1v) is 7.49. The van der Waals surface area contributed by atoms with Crippen molar-refractivity contribution in [2.75, 3.05) is 11.6 Å². The molecular weight excluding hydrogens is 320 g/mol. The third kappa shape index (κ3) is 3.83. The molecule has 1 unspecified atom stereocenters. The SMILES string of the molecule is CSc1cc(CC(=O)CBr)ccc1C(O)C(=O)O. The molecule has 1 aromatic carbocycles. The van der Waals surface area contributed by atoms with Crippen molar-refractivity contribution in [1.82, 2.24) is 0 Å². The zero-order valence-corrected chi connectivity index (χ0v) is 12.1. The van der Waals surface area contributed by atoms with E-state index in [1.165, 1.54) is 11.8 Å². The number of carboxylic acid groups (broad SMARTS) is 1. The molecule has 0 heterocycles. The van der Waals surface area contributed by atoms with Crippen LogP contribution in [-0.2, 0) is 16.0 Å². The molecule has 0 radical (unpaired) electrons. The van der Waals surface area contributed by atoms with Crippen molar-refractivity contribution in [2.24, 2.45) is 0 Å². The lowest BCUT2D eigenvalue weighted by Crippen LogP contribution is -2.12. The van der Waals surface area contributed by atoms with Gasteiger partial charge < -0.3 is 10.2 Å². The van der Waals surface area contributed by atoms with Gasteiger partial charge in [-0.3, -0.25) is 4.79 Å². The van der Waals surface area contributed by atoms with E-state index >= 15 is 0 Å². The minimum absolute atomic E-state index is 0.0496. The average Bonchev–Trinajstić information content (AvgIpc) is 2.37. The highest BCUT2D eigenvalue weighted by Crippen LogP contribution is 2.27. The zero-order valence-electron chi connectivity index (χ0n) is 9.72. The lowest BCUT2D eigenvalue weighted by molar-refractivity contribution is -0.147. The number of carboxylic acids is 1. The molecule has 2 N–H and O–H groups in total. The first-order chi connectivity index (χ1) is 8.49. The summed E-state index contributed by atoms with van der Waals surface area (Å²) < 4.78 is 0. The molecule has 0 aliphatic carbocycles. The third-order valence-corrected chi connectivity index (χ3v) is 3.80. The summed E-state index contributed by atoms with van der Waals surface area (Å²) in [6.07, 6.45) is 0.555. The van der Waals surface area contributed by atoms with Gasteiger partial charge in [0.2, 0.25) is 0 Å². The van der Waals surface area contributed by atoms with Gasteiger partial charge >= 0.3 is 5.97 Å². The Morgan fingerprint density at radius 3 is 2.61 bits per heavy atom. The Morgan fingerprint density at radius 1 is 1.44 bits per heavy atom. The van der Waals surface area contributed by atoms with Crippen LogP contribution in [0.1, 0.15) is 17.2 Å². The highest BCUT2D eigenvalue weighted by atomic mass is 79.9. The summed E-state index contributed by atoms with van der Waals surface area (Å²) >= 11 is 4.44. The maximum Gasteiger partial charge on any atom is 0.337 e. The molecule has 4 nitrogen and oxygen atoms in total. The average molecular weight is 333 g/mol. The standard InChI is InChI=1S/C12H13BrO4S/c1-18-10-5-7(4-8(14)6-13)2-3-9(10)11(15)12(16)17/h2-3,5,11,15H,4,6H2,1H3,(H,16,17). The number of thioether (sulfide) groups is 1. The molecule has 0 amide bonds. The van der Waals surface area contributed by atoms with E-state index in [0.717, 1.165) is 5.56 Å². The predicted octanol–water partition coefficient (Wildman–Crippen LogP) is 2.03. The summed E-state index contributed by atoms with van der Waals surface area (Å²) in [7, 11) is 0. The predicted molar refractivity (Wildman–Crippen MR) is 73.3 cm³/mol. The number of Topliss-reactive ketones (excluding diaryl/α,β-unsaturated/α-hetero) is 1. The Bertz CT molecular complexity index is 461. The van der Waals surface area contributed by atoms with Crippen LogP contribution in [0.15, 0.2) is 23.1 Å². The molecule has 0 aliphatic heterocycles. The quantitative estimate of drug-likeness (QED) is 0.615. The molecule has 0 spiro atoms. The van der Waals surface area contributed by atoms with Crippen LogP contribution in [-0.4, -0.2) is 33.6 Å². The fourth-order valence-electron chi connectivity index (χ4n) is 1.50. The molecule has 0 bridgehead atoms. The van der Waals surface area contributed by atoms with Gasteiger partial charge in [0.05, 0.1) is 5.33 Å². The Kier molecular flexibility index (Phi) is 5.84. The van der Waals surface area contributed by atoms with Crippen molar-refractivity contribution in [3.8, 4) is 0 Å². The first kappa shape index (κ1) is 15.2. The van der Waals surface area contributed by atoms with E-state index in [-0.39, 0.29) is 5.78 Å². The van der Waals surface area contributed by atoms with Crippen molar-refractivity contribution in [1.29, 1.82) is 0 Å². The van der Waals surface area contributed by atoms with Gasteiger partial charge in [0.1, 0.15) is 5.78 Å². The second-order valence-electron chi connectivity index (χ2n) is 3.67. The summed E-state index contributed by atoms with van der Waals surface area (Å²) in [5.41, 5.74) is 1.16. The Hall–Kier alpha value is -0.850. The Labute approximate surface area is 118 Å². The van der Waals surface area contributed by atoms with Crippen LogP contribution < -0.4 is 0 Å². The van der Waals surface area contributed by atoms with Crippen LogP contribution in [0.4, 0.5) is 0 Å². The normalized spacial score (nSPS) is 12.2. The molecule has 0 saturated carbocycles. The second-order valence-corrected chi connectivity index (χ2v) is 5.07. The number of hydrogen-bond acceptors (Lipinski definition) is 4. The fraction of sp³-hybridized carbons (Fsp3) is 0.333. The van der Waals surface area contributed by atoms with Gasteiger partial charge in [-0.15, -0.1) is 11.8 Å². The Morgan fingerprint density at radius 2 is 2.11 bits per heavy atom. The first-order valence-electron chi connectivity index (χ1n) is 5.15. The van der Waals surface area contributed by atoms with E-state index in [2.05, 4.69) is 15.9 Å². The number of aliphatic carboxylic acids is 1. The van der Waals surface area contributed by atoms with E-state index in [1.807, 2.05) is 0 Å². The van der Waals surface area contributed by atoms with Gasteiger partial charge in [0, 0.05) is 16.9 Å². The number of carbonyl (C=O) groups excluding carboxylic acids is 1. The number of rotatable bonds is 6. The summed E-state index contributed by atoms with van der Waals surface area (Å²) in [5, 5.41) is 18.6. The summed E-state index contributed by atoms with van der Waals surface area (Å²) in [6, 6.07) is 4.97. The van der Waals surface area contributed by atoms with Gasteiger partial charge in [-0.25, -0.2) is 4.79 Å². The molecule has 0 fully saturated rings. The zero-order chi connectivity index (χ0) is 13.7. The maximum absolute atomic E-state index is 11.3. The summed E-state index contributed by atoms with van der Waals surface area (Å²) in [6.45, 7) is 0. The monoisotopic (exact) mass is 332 g/mol. The molecule has 1 aromatic rings. The lowest BCUT2D eigenvalue weighted by atomic mass is 10.0. The van der Waals surface area contributed by atoms with Gasteiger partial charge in [-0.2, -0.15) is 0 Å². The summed E-state index contributed by atoms with van der Waals surface area (Å²) in [4.78, 5) is 22.7. The maximum atomic E-state index is 11.3. The number of ketones is 1. The number of hydrogen-bond donors (Lipinski definition) is 2. The van der Waals surface area contributed by atoms with Crippen molar-refractivity contribution in [2.45, 2.75) is 17.4 Å². The molecule has 6 heteroatoms. The third-order valence-electron chi connectivity index (χ3n) is 2.38. The van der Waals surface area contributed by atoms with E-state index in [4.69, 9.17) is 5.11 Å². The number of carbonyl (C=O) groups is 2. The van der Waals surface area contributed by atoms with Gasteiger partial charge in [-0.1, -0.05) is 28.1 Å². The smallest absolute Gasteiger partial charge is 0.337 e. The van der Waals surface area contributed by atoms with Gasteiger partial charge in [0.15, 0.2) is 6.10 Å². The molecular formula is C12H13BrO4S. The highest BCUT2D eigenvalue weighted by Gasteiger charge is 2.19. The van der Waals surface area contributed by atoms with Crippen LogP contribution in [0.2, 0.25) is 0 Å². The van der Waals surface area contributed by atoms with Gasteiger partial charge in [-0.05, 0) is 17.9 Å². The van der Waals surface area contributed by atoms with Crippen LogP contribution in [0.3, 0.4) is 0 Å². The number of aliphatic hydroxyl groups is 1. The number of alkyl halides is 1. The highest BCUT2D eigenvalue weighted by molar-refractivity contribution is 9.09. The molecule has 0 saturated heterocycles. The van der Waals surface area contributed by atoms with Crippen molar-refractivity contribution in [3.05, 3.63) is 29.3 Å². The number of aliphatic hydroxyl groups excluding tert-OH is 1. The van der Waals surface area contributed by atoms with E-state index in [9.17, 15) is 14.7 Å². The minimum atomic E-state index is -1.53. The largest absolute Gasteiger partial charge is 0.479 e. The van der Waals surface area contributed by atoms with E-state index in [0.29, 0.717) is 22.2 Å². The van der Waals surface area contributed by atoms with Crippen LogP contribution in [0, 0.1) is 0 Å². The molecule has 1 rings (SSSR count). The van der Waals surface area contributed by atoms with Crippen molar-refractivity contribution < 1.29 is 19.8 Å². The van der Waals surface area contributed by atoms with Crippen molar-refractivity contribution in [3.63, 3.8) is 0 Å². The number of halogens is 1. The van der Waals surface area contributed by atoms with E-state index < -0.39 is 12.1 Å². The van der Waals surface area contributed by atoms with Crippen LogP contribution in [0.5, 0.6) is 0 Å². The molecule has 98 valence electrons. The molecule has 0 aliphatic rings. The molecule has 1 atom stereocenters. The van der Waals surface area contributed by atoms with E-state index in [1.54, 1.807) is 24.5 Å². The van der Waals surface area contributed by atoms with Crippen LogP contribution in [0.25, 0.3) is 0 Å². The molecule has 0 aromatic heterocycles. The minimum Gasteiger partial charge on any atom is -0.479 e. The fourth-order valence-corrected chi connectivity index (χ4v) is 2.38. The summed E-state index contributed by atoms with van der Waals surface area (Å²) in [5.74, 6) is -1.23. The number of benzene rings is 1. The molecule has 18 heavy (non-hydrogen) atoms. The second kappa shape index (κ2) is 6.92.